The highest BCUT2D eigenvalue weighted by Crippen LogP contribution is 2.37. The van der Waals surface area contributed by atoms with E-state index in [0.29, 0.717) is 12.6 Å². The van der Waals surface area contributed by atoms with Gasteiger partial charge in [0, 0.05) is 12.6 Å². The third-order valence-electron chi connectivity index (χ3n) is 4.06. The molecule has 0 fully saturated rings. The molecule has 25 heavy (non-hydrogen) atoms. The first-order valence-electron chi connectivity index (χ1n) is 8.31. The Labute approximate surface area is 165 Å². The Morgan fingerprint density at radius 2 is 1.80 bits per heavy atom. The standard InChI is InChI=1S/C20H26BrNO2.ClH/c1-5-15(3)22-12-17-10-18(21)20(19(11-17)23-4)24-13-16-8-6-14(2)7-9-16;/h6-11,15,22H,5,12-13H2,1-4H3;1H. The summed E-state index contributed by atoms with van der Waals surface area (Å²) in [6, 6.07) is 13.0. The van der Waals surface area contributed by atoms with Gasteiger partial charge >= 0.3 is 0 Å². The van der Waals surface area contributed by atoms with Gasteiger partial charge in [0.15, 0.2) is 11.5 Å². The lowest BCUT2D eigenvalue weighted by molar-refractivity contribution is 0.282. The zero-order valence-electron chi connectivity index (χ0n) is 15.3. The van der Waals surface area contributed by atoms with Gasteiger partial charge in [0.2, 0.25) is 0 Å². The van der Waals surface area contributed by atoms with Crippen LogP contribution < -0.4 is 14.8 Å². The van der Waals surface area contributed by atoms with Crippen molar-refractivity contribution in [1.82, 2.24) is 5.32 Å². The van der Waals surface area contributed by atoms with Crippen molar-refractivity contribution in [3.8, 4) is 11.5 Å². The normalized spacial score (nSPS) is 11.6. The van der Waals surface area contributed by atoms with E-state index in [9.17, 15) is 0 Å². The van der Waals surface area contributed by atoms with Crippen molar-refractivity contribution in [1.29, 1.82) is 0 Å². The Morgan fingerprint density at radius 1 is 1.12 bits per heavy atom. The Morgan fingerprint density at radius 3 is 2.40 bits per heavy atom. The first-order valence-corrected chi connectivity index (χ1v) is 9.11. The first kappa shape index (κ1) is 21.8. The summed E-state index contributed by atoms with van der Waals surface area (Å²) in [5, 5.41) is 3.49. The summed E-state index contributed by atoms with van der Waals surface area (Å²) in [5.41, 5.74) is 3.55. The molecule has 0 amide bonds. The molecular formula is C20H27BrClNO2. The lowest BCUT2D eigenvalue weighted by Gasteiger charge is -2.16. The zero-order valence-corrected chi connectivity index (χ0v) is 17.7. The SMILES string of the molecule is CCC(C)NCc1cc(Br)c(OCc2ccc(C)cc2)c(OC)c1.Cl. The number of nitrogens with one attached hydrogen (secondary N) is 1. The monoisotopic (exact) mass is 427 g/mol. The van der Waals surface area contributed by atoms with Crippen LogP contribution in [0.3, 0.4) is 0 Å². The first-order chi connectivity index (χ1) is 11.5. The van der Waals surface area contributed by atoms with Crippen LogP contribution in [0.15, 0.2) is 40.9 Å². The van der Waals surface area contributed by atoms with Crippen molar-refractivity contribution >= 4 is 28.3 Å². The molecule has 3 nitrogen and oxygen atoms in total. The van der Waals surface area contributed by atoms with Crippen LogP contribution in [0.5, 0.6) is 11.5 Å². The number of hydrogen-bond acceptors (Lipinski definition) is 3. The predicted octanol–water partition coefficient (Wildman–Crippen LogP) is 5.66. The minimum Gasteiger partial charge on any atom is -0.493 e. The van der Waals surface area contributed by atoms with Crippen molar-refractivity contribution in [2.75, 3.05) is 7.11 Å². The number of hydrogen-bond donors (Lipinski definition) is 1. The van der Waals surface area contributed by atoms with E-state index in [1.54, 1.807) is 7.11 Å². The van der Waals surface area contributed by atoms with Gasteiger partial charge in [-0.05, 0) is 59.5 Å². The van der Waals surface area contributed by atoms with Gasteiger partial charge in [-0.3, -0.25) is 0 Å². The minimum absolute atomic E-state index is 0. The van der Waals surface area contributed by atoms with E-state index < -0.39 is 0 Å². The highest BCUT2D eigenvalue weighted by Gasteiger charge is 2.12. The van der Waals surface area contributed by atoms with Crippen LogP contribution in [0.1, 0.15) is 37.0 Å². The quantitative estimate of drug-likeness (QED) is 0.589. The average Bonchev–Trinajstić information content (AvgIpc) is 2.59. The fraction of sp³-hybridized carbons (Fsp3) is 0.400. The molecule has 5 heteroatoms. The maximum Gasteiger partial charge on any atom is 0.175 e. The summed E-state index contributed by atoms with van der Waals surface area (Å²) in [4.78, 5) is 0. The van der Waals surface area contributed by atoms with Crippen molar-refractivity contribution < 1.29 is 9.47 Å². The smallest absolute Gasteiger partial charge is 0.175 e. The fourth-order valence-electron chi connectivity index (χ4n) is 2.29. The van der Waals surface area contributed by atoms with Gasteiger partial charge in [-0.25, -0.2) is 0 Å². The summed E-state index contributed by atoms with van der Waals surface area (Å²) in [6.45, 7) is 7.76. The number of benzene rings is 2. The molecule has 0 aliphatic heterocycles. The second-order valence-electron chi connectivity index (χ2n) is 6.07. The molecule has 0 aliphatic rings. The average molecular weight is 429 g/mol. The van der Waals surface area contributed by atoms with Crippen LogP contribution in [-0.2, 0) is 13.2 Å². The van der Waals surface area contributed by atoms with E-state index in [1.807, 2.05) is 6.07 Å². The van der Waals surface area contributed by atoms with Crippen LogP contribution >= 0.6 is 28.3 Å². The third kappa shape index (κ3) is 6.53. The number of methoxy groups -OCH3 is 1. The van der Waals surface area contributed by atoms with Crippen molar-refractivity contribution in [2.24, 2.45) is 0 Å². The van der Waals surface area contributed by atoms with Crippen molar-refractivity contribution in [3.05, 3.63) is 57.6 Å². The van der Waals surface area contributed by atoms with Crippen molar-refractivity contribution in [3.63, 3.8) is 0 Å². The molecule has 1 N–H and O–H groups in total. The summed E-state index contributed by atoms with van der Waals surface area (Å²) in [7, 11) is 1.67. The largest absolute Gasteiger partial charge is 0.493 e. The molecule has 0 heterocycles. The fourth-order valence-corrected chi connectivity index (χ4v) is 2.90. The van der Waals surface area contributed by atoms with Gasteiger partial charge in [0.1, 0.15) is 6.61 Å². The van der Waals surface area contributed by atoms with E-state index in [-0.39, 0.29) is 12.4 Å². The van der Waals surface area contributed by atoms with Crippen LogP contribution in [0.25, 0.3) is 0 Å². The summed E-state index contributed by atoms with van der Waals surface area (Å²) < 4.78 is 12.4. The molecule has 0 spiro atoms. The van der Waals surface area contributed by atoms with E-state index in [2.05, 4.69) is 72.3 Å². The van der Waals surface area contributed by atoms with Gasteiger partial charge in [0.05, 0.1) is 11.6 Å². The predicted molar refractivity (Wildman–Crippen MR) is 110 cm³/mol. The summed E-state index contributed by atoms with van der Waals surface area (Å²) in [5.74, 6) is 1.49. The molecule has 1 atom stereocenters. The second-order valence-corrected chi connectivity index (χ2v) is 6.93. The minimum atomic E-state index is 0. The Bertz CT molecular complexity index is 661. The number of halogens is 2. The molecule has 0 aliphatic carbocycles. The topological polar surface area (TPSA) is 30.5 Å². The Kier molecular flexibility index (Phi) is 9.33. The van der Waals surface area contributed by atoms with Crippen molar-refractivity contribution in [2.45, 2.75) is 46.4 Å². The molecule has 0 saturated carbocycles. The second kappa shape index (κ2) is 10.7. The van der Waals surface area contributed by atoms with E-state index in [4.69, 9.17) is 9.47 Å². The molecule has 1 unspecified atom stereocenters. The van der Waals surface area contributed by atoms with E-state index >= 15 is 0 Å². The molecule has 0 saturated heterocycles. The van der Waals surface area contributed by atoms with Gasteiger partial charge in [0.25, 0.3) is 0 Å². The zero-order chi connectivity index (χ0) is 17.5. The maximum absolute atomic E-state index is 5.99. The van der Waals surface area contributed by atoms with Gasteiger partial charge in [-0.2, -0.15) is 0 Å². The van der Waals surface area contributed by atoms with Crippen LogP contribution in [0.2, 0.25) is 0 Å². The van der Waals surface area contributed by atoms with E-state index in [1.165, 1.54) is 11.1 Å². The molecular weight excluding hydrogens is 402 g/mol. The van der Waals surface area contributed by atoms with Crippen LogP contribution in [0.4, 0.5) is 0 Å². The molecule has 0 radical (unpaired) electrons. The molecule has 0 bridgehead atoms. The number of rotatable bonds is 8. The van der Waals surface area contributed by atoms with Crippen LogP contribution in [-0.4, -0.2) is 13.2 Å². The highest BCUT2D eigenvalue weighted by atomic mass is 79.9. The van der Waals surface area contributed by atoms with Gasteiger partial charge < -0.3 is 14.8 Å². The highest BCUT2D eigenvalue weighted by molar-refractivity contribution is 9.10. The lowest BCUT2D eigenvalue weighted by atomic mass is 10.1. The van der Waals surface area contributed by atoms with Gasteiger partial charge in [-0.15, -0.1) is 12.4 Å². The number of ether oxygens (including phenoxy) is 2. The third-order valence-corrected chi connectivity index (χ3v) is 4.65. The lowest BCUT2D eigenvalue weighted by Crippen LogP contribution is -2.24. The molecule has 2 aromatic rings. The molecule has 138 valence electrons. The van der Waals surface area contributed by atoms with Gasteiger partial charge in [-0.1, -0.05) is 36.8 Å². The Balaban J connectivity index is 0.00000312. The molecule has 2 aromatic carbocycles. The molecule has 2 rings (SSSR count). The van der Waals surface area contributed by atoms with E-state index in [0.717, 1.165) is 34.5 Å². The summed E-state index contributed by atoms with van der Waals surface area (Å²) in [6.07, 6.45) is 1.11. The maximum atomic E-state index is 5.99. The number of aryl methyl sites for hydroxylation is 1. The van der Waals surface area contributed by atoms with Crippen LogP contribution in [0, 0.1) is 6.92 Å². The Hall–Kier alpha value is -1.23. The molecule has 0 aromatic heterocycles. The summed E-state index contributed by atoms with van der Waals surface area (Å²) >= 11 is 3.62.